The van der Waals surface area contributed by atoms with Crippen LogP contribution in [0, 0.1) is 12.8 Å². The third-order valence-corrected chi connectivity index (χ3v) is 6.04. The molecule has 3 nitrogen and oxygen atoms in total. The van der Waals surface area contributed by atoms with E-state index in [2.05, 4.69) is 0 Å². The molecule has 1 aliphatic rings. The quantitative estimate of drug-likeness (QED) is 0.892. The molecule has 2 unspecified atom stereocenters. The molecule has 1 aliphatic heterocycles. The number of aryl methyl sites for hydroxylation is 1. The Bertz CT molecular complexity index is 376. The van der Waals surface area contributed by atoms with Crippen LogP contribution in [0.1, 0.15) is 12.0 Å². The van der Waals surface area contributed by atoms with Crippen molar-refractivity contribution in [2.75, 3.05) is 25.2 Å². The Kier molecular flexibility index (Phi) is 4.98. The molecule has 1 saturated heterocycles. The summed E-state index contributed by atoms with van der Waals surface area (Å²) in [6, 6.07) is 7.66. The molecule has 0 aromatic heterocycles. The van der Waals surface area contributed by atoms with Crippen LogP contribution in [0.25, 0.3) is 0 Å². The molecule has 1 N–H and O–H groups in total. The number of rotatable bonds is 5. The number of hydrogen-bond donors (Lipinski definition) is 1. The fraction of sp³-hybridized carbons (Fsp3) is 0.538. The van der Waals surface area contributed by atoms with Crippen LogP contribution in [-0.2, 0) is 8.37 Å². The third-order valence-electron chi connectivity index (χ3n) is 3.03. The first-order valence-corrected chi connectivity index (χ1v) is 8.64. The van der Waals surface area contributed by atoms with Crippen LogP contribution >= 0.6 is 22.6 Å². The minimum Gasteiger partial charge on any atom is -0.304 e. The van der Waals surface area contributed by atoms with Crippen molar-refractivity contribution in [2.45, 2.75) is 18.2 Å². The molecule has 1 aromatic rings. The SMILES string of the molecule is COS(O)(OCC1CCSC1)c1ccc(C)cc1. The number of benzene rings is 1. The largest absolute Gasteiger partial charge is 0.304 e. The molecule has 18 heavy (non-hydrogen) atoms. The molecule has 5 heteroatoms. The lowest BCUT2D eigenvalue weighted by molar-refractivity contribution is 0.210. The minimum atomic E-state index is -2.57. The van der Waals surface area contributed by atoms with Crippen molar-refractivity contribution in [1.29, 1.82) is 0 Å². The van der Waals surface area contributed by atoms with Gasteiger partial charge in [0, 0.05) is 0 Å². The van der Waals surface area contributed by atoms with Gasteiger partial charge in [-0.3, -0.25) is 8.37 Å². The maximum Gasteiger partial charge on any atom is 0.117 e. The van der Waals surface area contributed by atoms with Gasteiger partial charge in [0.25, 0.3) is 0 Å². The van der Waals surface area contributed by atoms with Gasteiger partial charge in [0.2, 0.25) is 0 Å². The molecule has 102 valence electrons. The molecule has 0 bridgehead atoms. The molecule has 0 aliphatic carbocycles. The summed E-state index contributed by atoms with van der Waals surface area (Å²) in [6.07, 6.45) is 1.16. The zero-order chi connectivity index (χ0) is 13.0. The molecule has 0 spiro atoms. The van der Waals surface area contributed by atoms with Crippen molar-refractivity contribution in [2.24, 2.45) is 5.92 Å². The van der Waals surface area contributed by atoms with Crippen LogP contribution in [0.2, 0.25) is 0 Å². The molecule has 2 atom stereocenters. The van der Waals surface area contributed by atoms with E-state index < -0.39 is 10.9 Å². The summed E-state index contributed by atoms with van der Waals surface area (Å²) in [5.41, 5.74) is 1.16. The van der Waals surface area contributed by atoms with Crippen molar-refractivity contribution in [3.05, 3.63) is 29.8 Å². The summed E-state index contributed by atoms with van der Waals surface area (Å²) < 4.78 is 21.4. The van der Waals surface area contributed by atoms with E-state index in [9.17, 15) is 4.55 Å². The van der Waals surface area contributed by atoms with Gasteiger partial charge in [0.15, 0.2) is 0 Å². The zero-order valence-electron chi connectivity index (χ0n) is 10.8. The summed E-state index contributed by atoms with van der Waals surface area (Å²) in [6.45, 7) is 2.59. The Hall–Kier alpha value is -0.200. The molecule has 1 aromatic carbocycles. The number of hydrogen-bond acceptors (Lipinski definition) is 4. The van der Waals surface area contributed by atoms with Crippen LogP contribution in [-0.4, -0.2) is 29.8 Å². The maximum atomic E-state index is 10.5. The molecule has 2 rings (SSSR count). The van der Waals surface area contributed by atoms with Crippen LogP contribution in [0.3, 0.4) is 0 Å². The van der Waals surface area contributed by atoms with Gasteiger partial charge in [-0.05, 0) is 42.9 Å². The molecular weight excluding hydrogens is 268 g/mol. The standard InChI is InChI=1S/C13H20O3S2/c1-11-3-5-13(6-4-11)18(14,15-2)16-9-12-7-8-17-10-12/h3-6,12,14H,7-10H2,1-2H3. The fourth-order valence-electron chi connectivity index (χ4n) is 1.83. The van der Waals surface area contributed by atoms with Crippen molar-refractivity contribution >= 4 is 22.6 Å². The monoisotopic (exact) mass is 288 g/mol. The van der Waals surface area contributed by atoms with Crippen molar-refractivity contribution in [1.82, 2.24) is 0 Å². The van der Waals surface area contributed by atoms with E-state index in [0.29, 0.717) is 12.5 Å². The molecule has 0 radical (unpaired) electrons. The maximum absolute atomic E-state index is 10.5. The average molecular weight is 288 g/mol. The van der Waals surface area contributed by atoms with Crippen molar-refractivity contribution in [3.8, 4) is 0 Å². The fourth-order valence-corrected chi connectivity index (χ4v) is 4.37. The summed E-state index contributed by atoms with van der Waals surface area (Å²) in [4.78, 5) is 0.723. The zero-order valence-corrected chi connectivity index (χ0v) is 12.4. The highest BCUT2D eigenvalue weighted by molar-refractivity contribution is 8.21. The first-order valence-electron chi connectivity index (χ1n) is 6.04. The summed E-state index contributed by atoms with van der Waals surface area (Å²) in [5, 5.41) is 0. The van der Waals surface area contributed by atoms with Gasteiger partial charge in [-0.15, -0.1) is 0 Å². The third kappa shape index (κ3) is 3.42. The van der Waals surface area contributed by atoms with E-state index >= 15 is 0 Å². The van der Waals surface area contributed by atoms with Gasteiger partial charge in [0.1, 0.15) is 10.9 Å². The second-order valence-electron chi connectivity index (χ2n) is 4.47. The van der Waals surface area contributed by atoms with Gasteiger partial charge in [-0.2, -0.15) is 11.8 Å². The highest BCUT2D eigenvalue weighted by Gasteiger charge is 2.27. The summed E-state index contributed by atoms with van der Waals surface area (Å²) >= 11 is 1.94. The van der Waals surface area contributed by atoms with E-state index in [4.69, 9.17) is 8.37 Å². The van der Waals surface area contributed by atoms with E-state index in [0.717, 1.165) is 22.6 Å². The van der Waals surface area contributed by atoms with E-state index in [1.807, 2.05) is 43.0 Å². The van der Waals surface area contributed by atoms with Crippen LogP contribution < -0.4 is 0 Å². The van der Waals surface area contributed by atoms with Crippen LogP contribution in [0.4, 0.5) is 0 Å². The Balaban J connectivity index is 2.01. The lowest BCUT2D eigenvalue weighted by atomic mass is 10.1. The predicted octanol–water partition coefficient (Wildman–Crippen LogP) is 3.88. The minimum absolute atomic E-state index is 0.537. The summed E-state index contributed by atoms with van der Waals surface area (Å²) in [7, 11) is -1.07. The van der Waals surface area contributed by atoms with Crippen molar-refractivity contribution < 1.29 is 12.9 Å². The first kappa shape index (κ1) is 14.2. The van der Waals surface area contributed by atoms with Crippen LogP contribution in [0.5, 0.6) is 0 Å². The van der Waals surface area contributed by atoms with E-state index in [1.165, 1.54) is 12.9 Å². The van der Waals surface area contributed by atoms with E-state index in [-0.39, 0.29) is 0 Å². The lowest BCUT2D eigenvalue weighted by Crippen LogP contribution is -2.14. The van der Waals surface area contributed by atoms with Gasteiger partial charge < -0.3 is 4.55 Å². The normalized spacial score (nSPS) is 24.7. The smallest absolute Gasteiger partial charge is 0.117 e. The Morgan fingerprint density at radius 3 is 2.67 bits per heavy atom. The topological polar surface area (TPSA) is 38.7 Å². The Morgan fingerprint density at radius 1 is 1.39 bits per heavy atom. The highest BCUT2D eigenvalue weighted by atomic mass is 32.3. The molecule has 0 amide bonds. The van der Waals surface area contributed by atoms with E-state index in [1.54, 1.807) is 0 Å². The van der Waals surface area contributed by atoms with Crippen LogP contribution in [0.15, 0.2) is 29.2 Å². The second kappa shape index (κ2) is 6.30. The molecular formula is C13H20O3S2. The predicted molar refractivity (Wildman–Crippen MR) is 78.1 cm³/mol. The van der Waals surface area contributed by atoms with Crippen molar-refractivity contribution in [3.63, 3.8) is 0 Å². The van der Waals surface area contributed by atoms with Gasteiger partial charge in [-0.1, -0.05) is 17.7 Å². The average Bonchev–Trinajstić information content (AvgIpc) is 2.90. The van der Waals surface area contributed by atoms with Gasteiger partial charge in [0.05, 0.1) is 18.6 Å². The molecule has 0 saturated carbocycles. The Morgan fingerprint density at radius 2 is 2.11 bits per heavy atom. The number of thioether (sulfide) groups is 1. The highest BCUT2D eigenvalue weighted by Crippen LogP contribution is 2.54. The molecule has 1 fully saturated rings. The summed E-state index contributed by atoms with van der Waals surface area (Å²) in [5.74, 6) is 2.85. The second-order valence-corrected chi connectivity index (χ2v) is 7.61. The Labute approximate surface area is 115 Å². The van der Waals surface area contributed by atoms with Gasteiger partial charge in [-0.25, -0.2) is 0 Å². The lowest BCUT2D eigenvalue weighted by Gasteiger charge is -2.32. The molecule has 1 heterocycles. The van der Waals surface area contributed by atoms with Gasteiger partial charge >= 0.3 is 0 Å². The first-order chi connectivity index (χ1) is 8.64.